The number of amides is 1. The summed E-state index contributed by atoms with van der Waals surface area (Å²) in [5.74, 6) is -0.291. The minimum atomic E-state index is -0.303. The van der Waals surface area contributed by atoms with Crippen molar-refractivity contribution >= 4 is 52.2 Å². The monoisotopic (exact) mass is 453 g/mol. The predicted molar refractivity (Wildman–Crippen MR) is 125 cm³/mol. The Labute approximate surface area is 190 Å². The highest BCUT2D eigenvalue weighted by Gasteiger charge is 2.31. The molecule has 1 amide bonds. The van der Waals surface area contributed by atoms with Crippen LogP contribution in [0.3, 0.4) is 0 Å². The summed E-state index contributed by atoms with van der Waals surface area (Å²) in [4.78, 5) is 12.5. The zero-order valence-electron chi connectivity index (χ0n) is 15.8. The van der Waals surface area contributed by atoms with E-state index < -0.39 is 0 Å². The summed E-state index contributed by atoms with van der Waals surface area (Å²) in [7, 11) is 0. The zero-order chi connectivity index (χ0) is 21.1. The Bertz CT molecular complexity index is 1100. The Morgan fingerprint density at radius 2 is 1.53 bits per heavy atom. The van der Waals surface area contributed by atoms with Gasteiger partial charge in [0.05, 0.1) is 12.3 Å². The molecule has 1 unspecified atom stereocenters. The van der Waals surface area contributed by atoms with Crippen molar-refractivity contribution in [3.05, 3.63) is 106 Å². The number of nitrogens with zero attached hydrogens (tertiary/aromatic N) is 2. The van der Waals surface area contributed by atoms with E-state index in [2.05, 4.69) is 17.4 Å². The first-order valence-corrected chi connectivity index (χ1v) is 10.5. The van der Waals surface area contributed by atoms with Crippen LogP contribution in [0.25, 0.3) is 0 Å². The first kappa shape index (κ1) is 20.5. The molecule has 1 atom stereocenters. The Morgan fingerprint density at radius 3 is 2.17 bits per heavy atom. The SMILES string of the molecule is O=C(NC(=S)N1CC(c2ccccc2)C(c2ccc(Cl)cc2)=N1)c1ccc(Cl)cc1. The van der Waals surface area contributed by atoms with E-state index in [4.69, 9.17) is 40.5 Å². The molecule has 3 aromatic rings. The number of rotatable bonds is 3. The lowest BCUT2D eigenvalue weighted by atomic mass is 9.91. The fourth-order valence-electron chi connectivity index (χ4n) is 3.29. The quantitative estimate of drug-likeness (QED) is 0.531. The van der Waals surface area contributed by atoms with E-state index in [9.17, 15) is 4.79 Å². The predicted octanol–water partition coefficient (Wildman–Crippen LogP) is 5.51. The van der Waals surface area contributed by atoms with Gasteiger partial charge in [-0.05, 0) is 59.7 Å². The first-order chi connectivity index (χ1) is 14.5. The Kier molecular flexibility index (Phi) is 6.13. The summed E-state index contributed by atoms with van der Waals surface area (Å²) >= 11 is 17.4. The average Bonchev–Trinajstić information content (AvgIpc) is 3.21. The number of nitrogens with one attached hydrogen (secondary N) is 1. The van der Waals surface area contributed by atoms with Crippen molar-refractivity contribution in [2.45, 2.75) is 5.92 Å². The highest BCUT2D eigenvalue weighted by Crippen LogP contribution is 2.29. The van der Waals surface area contributed by atoms with E-state index in [0.29, 0.717) is 22.2 Å². The highest BCUT2D eigenvalue weighted by molar-refractivity contribution is 7.80. The molecule has 1 heterocycles. The van der Waals surface area contributed by atoms with Crippen LogP contribution in [0, 0.1) is 0 Å². The molecule has 0 saturated heterocycles. The average molecular weight is 454 g/mol. The van der Waals surface area contributed by atoms with Crippen LogP contribution in [0.5, 0.6) is 0 Å². The van der Waals surface area contributed by atoms with Crippen LogP contribution in [-0.4, -0.2) is 28.3 Å². The minimum Gasteiger partial charge on any atom is -0.297 e. The number of hydrogen-bond donors (Lipinski definition) is 1. The van der Waals surface area contributed by atoms with Gasteiger partial charge in [-0.1, -0.05) is 65.7 Å². The van der Waals surface area contributed by atoms with E-state index in [1.165, 1.54) is 0 Å². The van der Waals surface area contributed by atoms with Crippen molar-refractivity contribution < 1.29 is 4.79 Å². The molecule has 0 spiro atoms. The van der Waals surface area contributed by atoms with Crippen molar-refractivity contribution in [2.24, 2.45) is 5.10 Å². The molecule has 30 heavy (non-hydrogen) atoms. The van der Waals surface area contributed by atoms with Crippen LogP contribution in [-0.2, 0) is 0 Å². The van der Waals surface area contributed by atoms with Gasteiger partial charge in [0, 0.05) is 21.5 Å². The van der Waals surface area contributed by atoms with E-state index in [1.807, 2.05) is 42.5 Å². The van der Waals surface area contributed by atoms with Crippen molar-refractivity contribution in [1.82, 2.24) is 10.3 Å². The van der Waals surface area contributed by atoms with Gasteiger partial charge in [0.2, 0.25) is 0 Å². The van der Waals surface area contributed by atoms with Gasteiger partial charge in [0.1, 0.15) is 0 Å². The normalized spacial score (nSPS) is 15.6. The lowest BCUT2D eigenvalue weighted by Crippen LogP contribution is -2.39. The van der Waals surface area contributed by atoms with Gasteiger partial charge >= 0.3 is 0 Å². The van der Waals surface area contributed by atoms with Crippen molar-refractivity contribution in [3.63, 3.8) is 0 Å². The van der Waals surface area contributed by atoms with Crippen molar-refractivity contribution in [1.29, 1.82) is 0 Å². The van der Waals surface area contributed by atoms with E-state index in [-0.39, 0.29) is 16.9 Å². The lowest BCUT2D eigenvalue weighted by Gasteiger charge is -2.17. The smallest absolute Gasteiger partial charge is 0.257 e. The summed E-state index contributed by atoms with van der Waals surface area (Å²) < 4.78 is 0. The summed E-state index contributed by atoms with van der Waals surface area (Å²) in [6, 6.07) is 24.3. The van der Waals surface area contributed by atoms with Crippen LogP contribution in [0.2, 0.25) is 10.0 Å². The molecule has 0 bridgehead atoms. The minimum absolute atomic E-state index is 0.0118. The van der Waals surface area contributed by atoms with E-state index >= 15 is 0 Å². The second-order valence-electron chi connectivity index (χ2n) is 6.80. The van der Waals surface area contributed by atoms with Gasteiger partial charge in [0.25, 0.3) is 5.91 Å². The third-order valence-electron chi connectivity index (χ3n) is 4.82. The number of hydrazone groups is 1. The third-order valence-corrected chi connectivity index (χ3v) is 5.63. The molecule has 0 saturated carbocycles. The number of hydrogen-bond acceptors (Lipinski definition) is 3. The van der Waals surface area contributed by atoms with Gasteiger partial charge in [-0.2, -0.15) is 5.10 Å². The maximum Gasteiger partial charge on any atom is 0.257 e. The standard InChI is InChI=1S/C23H17Cl2N3OS/c24-18-10-6-16(7-11-18)21-20(15-4-2-1-3-5-15)14-28(27-21)23(30)26-22(29)17-8-12-19(25)13-9-17/h1-13,20H,14H2,(H,26,29,30). The summed E-state index contributed by atoms with van der Waals surface area (Å²) in [5.41, 5.74) is 3.44. The van der Waals surface area contributed by atoms with Crippen LogP contribution in [0.15, 0.2) is 84.0 Å². The first-order valence-electron chi connectivity index (χ1n) is 9.29. The van der Waals surface area contributed by atoms with E-state index in [0.717, 1.165) is 16.8 Å². The summed E-state index contributed by atoms with van der Waals surface area (Å²) in [6.07, 6.45) is 0. The van der Waals surface area contributed by atoms with Crippen LogP contribution < -0.4 is 5.32 Å². The molecule has 3 aromatic carbocycles. The topological polar surface area (TPSA) is 44.7 Å². The Hall–Kier alpha value is -2.73. The van der Waals surface area contributed by atoms with Gasteiger partial charge in [-0.15, -0.1) is 0 Å². The molecule has 150 valence electrons. The molecule has 1 aliphatic heterocycles. The second-order valence-corrected chi connectivity index (χ2v) is 8.06. The van der Waals surface area contributed by atoms with Crippen LogP contribution >= 0.6 is 35.4 Å². The molecule has 4 nitrogen and oxygen atoms in total. The molecule has 0 fully saturated rings. The van der Waals surface area contributed by atoms with Gasteiger partial charge < -0.3 is 0 Å². The van der Waals surface area contributed by atoms with Crippen molar-refractivity contribution in [2.75, 3.05) is 6.54 Å². The van der Waals surface area contributed by atoms with Crippen molar-refractivity contribution in [3.8, 4) is 0 Å². The van der Waals surface area contributed by atoms with E-state index in [1.54, 1.807) is 29.3 Å². The van der Waals surface area contributed by atoms with Gasteiger partial charge in [-0.3, -0.25) is 10.1 Å². The molecule has 7 heteroatoms. The fraction of sp³-hybridized carbons (Fsp3) is 0.0870. The molecule has 1 N–H and O–H groups in total. The van der Waals surface area contributed by atoms with Crippen LogP contribution in [0.4, 0.5) is 0 Å². The molecule has 0 radical (unpaired) electrons. The largest absolute Gasteiger partial charge is 0.297 e. The highest BCUT2D eigenvalue weighted by atomic mass is 35.5. The molecule has 0 aromatic heterocycles. The molecular weight excluding hydrogens is 437 g/mol. The van der Waals surface area contributed by atoms with Crippen LogP contribution in [0.1, 0.15) is 27.4 Å². The second kappa shape index (κ2) is 8.96. The molecule has 4 rings (SSSR count). The Balaban J connectivity index is 1.58. The number of thiocarbonyl (C=S) groups is 1. The number of halogens is 2. The molecule has 1 aliphatic rings. The Morgan fingerprint density at radius 1 is 0.933 bits per heavy atom. The maximum absolute atomic E-state index is 12.5. The maximum atomic E-state index is 12.5. The summed E-state index contributed by atoms with van der Waals surface area (Å²) in [5, 5.41) is 10.6. The molecule has 0 aliphatic carbocycles. The fourth-order valence-corrected chi connectivity index (χ4v) is 3.75. The summed E-state index contributed by atoms with van der Waals surface area (Å²) in [6.45, 7) is 0.529. The number of carbonyl (C=O) groups is 1. The lowest BCUT2D eigenvalue weighted by molar-refractivity contribution is 0.0973. The zero-order valence-corrected chi connectivity index (χ0v) is 18.1. The third kappa shape index (κ3) is 4.54. The van der Waals surface area contributed by atoms with Gasteiger partial charge in [-0.25, -0.2) is 5.01 Å². The molecular formula is C23H17Cl2N3OS. The number of benzene rings is 3. The van der Waals surface area contributed by atoms with Gasteiger partial charge in [0.15, 0.2) is 5.11 Å². The number of carbonyl (C=O) groups excluding carboxylic acids is 1.